The van der Waals surface area contributed by atoms with Crippen molar-refractivity contribution in [2.24, 2.45) is 0 Å². The van der Waals surface area contributed by atoms with Gasteiger partial charge in [-0.05, 0) is 129 Å². The van der Waals surface area contributed by atoms with Crippen molar-refractivity contribution in [1.29, 1.82) is 0 Å². The minimum Gasteiger partial charge on any atom is -0.374 e. The molecular weight excluding hydrogens is 724 g/mol. The van der Waals surface area contributed by atoms with Crippen molar-refractivity contribution in [2.45, 2.75) is 87.7 Å². The molecule has 0 fully saturated rings. The van der Waals surface area contributed by atoms with Gasteiger partial charge in [-0.1, -0.05) is 130 Å². The van der Waals surface area contributed by atoms with Crippen LogP contribution in [0.3, 0.4) is 0 Å². The van der Waals surface area contributed by atoms with Crippen molar-refractivity contribution in [3.8, 4) is 11.1 Å². The van der Waals surface area contributed by atoms with Gasteiger partial charge in [0.05, 0.1) is 5.69 Å². The van der Waals surface area contributed by atoms with E-state index in [-0.39, 0.29) is 17.7 Å². The smallest absolute Gasteiger partial charge is 0.333 e. The number of nitrogens with zero attached hydrogens (tertiary/aromatic N) is 2. The van der Waals surface area contributed by atoms with Crippen LogP contribution in [0.4, 0.5) is 28.4 Å². The summed E-state index contributed by atoms with van der Waals surface area (Å²) >= 11 is 5.76. The lowest BCUT2D eigenvalue weighted by Gasteiger charge is -2.49. The van der Waals surface area contributed by atoms with Gasteiger partial charge in [-0.2, -0.15) is 0 Å². The van der Waals surface area contributed by atoms with Gasteiger partial charge in [0.25, 0.3) is 0 Å². The minimum absolute atomic E-state index is 0.00191. The van der Waals surface area contributed by atoms with Gasteiger partial charge in [0, 0.05) is 57.7 Å². The van der Waals surface area contributed by atoms with Crippen LogP contribution in [0.25, 0.3) is 21.9 Å². The summed E-state index contributed by atoms with van der Waals surface area (Å²) in [6.45, 7) is 12.2. The first-order chi connectivity index (χ1) is 26.7. The van der Waals surface area contributed by atoms with Crippen LogP contribution in [-0.4, -0.2) is 6.85 Å². The predicted molar refractivity (Wildman–Crippen MR) is 237 cm³/mol. The first-order valence-electron chi connectivity index (χ1n) is 19.5. The number of hydrogen-bond acceptors (Lipinski definition) is 5. The van der Waals surface area contributed by atoms with Crippen molar-refractivity contribution < 1.29 is 0 Å². The topological polar surface area (TPSA) is 6.48 Å². The van der Waals surface area contributed by atoms with E-state index in [1.165, 1.54) is 120 Å². The molecule has 1 aliphatic carbocycles. The molecule has 5 aliphatic rings. The van der Waals surface area contributed by atoms with E-state index in [0.29, 0.717) is 0 Å². The third-order valence-electron chi connectivity index (χ3n) is 13.0. The summed E-state index contributed by atoms with van der Waals surface area (Å²) in [4.78, 5) is 13.4. The second-order valence-electron chi connectivity index (χ2n) is 17.2. The van der Waals surface area contributed by atoms with Crippen LogP contribution in [0.2, 0.25) is 0 Å². The molecule has 0 amide bonds. The maximum absolute atomic E-state index is 2.71. The zero-order chi connectivity index (χ0) is 37.0. The summed E-state index contributed by atoms with van der Waals surface area (Å²) in [5.41, 5.74) is 16.6. The van der Waals surface area contributed by atoms with E-state index in [1.807, 2.05) is 35.3 Å². The number of para-hydroxylation sites is 2. The second kappa shape index (κ2) is 11.3. The maximum atomic E-state index is 2.71. The average molecular weight is 763 g/mol. The van der Waals surface area contributed by atoms with E-state index in [9.17, 15) is 0 Å². The average Bonchev–Trinajstić information content (AvgIpc) is 3.19. The van der Waals surface area contributed by atoms with Crippen LogP contribution in [0.15, 0.2) is 151 Å². The molecule has 0 saturated carbocycles. The number of hydrogen-bond donors (Lipinski definition) is 0. The Morgan fingerprint density at radius 1 is 0.545 bits per heavy atom. The Labute approximate surface area is 336 Å². The molecule has 6 heteroatoms. The van der Waals surface area contributed by atoms with E-state index in [2.05, 4.69) is 166 Å². The molecule has 0 radical (unpaired) electrons. The summed E-state index contributed by atoms with van der Waals surface area (Å²) in [7, 11) is 0. The van der Waals surface area contributed by atoms with E-state index in [4.69, 9.17) is 0 Å². The number of benzene rings is 7. The number of fused-ring (bicyclic) bond motifs is 11. The van der Waals surface area contributed by atoms with Crippen molar-refractivity contribution in [3.05, 3.63) is 138 Å². The standard InChI is InChI=1S/C49H39BN2S3/c1-28-23-32-33(49(4,5)22-21-48(32,2)3)25-36(28)51-37-27-44-43(54-40-18-10-11-19-41(40)55-44)26-34(37)50-46-38(51)24-29-13-6-7-14-30(29)45(46)31-15-12-20-42-47(31)52(50)35-16-8-9-17-39(35)53-42/h6-20,23-27H,21-22H2,1-5H3. The van der Waals surface area contributed by atoms with Crippen LogP contribution in [-0.2, 0) is 10.8 Å². The minimum atomic E-state index is -0.00191. The second-order valence-corrected chi connectivity index (χ2v) is 20.4. The summed E-state index contributed by atoms with van der Waals surface area (Å²) in [6, 6.07) is 46.8. The number of anilines is 5. The van der Waals surface area contributed by atoms with Crippen LogP contribution >= 0.6 is 35.3 Å². The highest BCUT2D eigenvalue weighted by Crippen LogP contribution is 2.58. The fourth-order valence-electron chi connectivity index (χ4n) is 10.2. The molecule has 0 aromatic heterocycles. The van der Waals surface area contributed by atoms with Gasteiger partial charge >= 0.3 is 6.85 Å². The zero-order valence-corrected chi connectivity index (χ0v) is 34.1. The molecule has 4 aliphatic heterocycles. The van der Waals surface area contributed by atoms with Crippen molar-refractivity contribution in [3.63, 3.8) is 0 Å². The third kappa shape index (κ3) is 4.51. The first-order valence-corrected chi connectivity index (χ1v) is 21.9. The van der Waals surface area contributed by atoms with E-state index < -0.39 is 0 Å². The molecular formula is C49H39BN2S3. The Balaban J connectivity index is 1.22. The van der Waals surface area contributed by atoms with Crippen molar-refractivity contribution in [1.82, 2.24) is 0 Å². The van der Waals surface area contributed by atoms with Gasteiger partial charge in [0.15, 0.2) is 0 Å². The number of aryl methyl sites for hydroxylation is 1. The van der Waals surface area contributed by atoms with Crippen LogP contribution < -0.4 is 20.6 Å². The van der Waals surface area contributed by atoms with Gasteiger partial charge in [0.2, 0.25) is 0 Å². The predicted octanol–water partition coefficient (Wildman–Crippen LogP) is 13.3. The van der Waals surface area contributed by atoms with E-state index >= 15 is 0 Å². The Morgan fingerprint density at radius 3 is 1.96 bits per heavy atom. The molecule has 7 aromatic rings. The molecule has 0 saturated heterocycles. The molecule has 0 spiro atoms. The lowest BCUT2D eigenvalue weighted by Crippen LogP contribution is -2.62. The molecule has 266 valence electrons. The highest BCUT2D eigenvalue weighted by atomic mass is 32.2. The molecule has 4 heterocycles. The maximum Gasteiger partial charge on any atom is 0.333 e. The largest absolute Gasteiger partial charge is 0.374 e. The highest BCUT2D eigenvalue weighted by Gasteiger charge is 2.49. The molecule has 7 aromatic carbocycles. The van der Waals surface area contributed by atoms with Gasteiger partial charge in [-0.15, -0.1) is 0 Å². The normalized spacial score (nSPS) is 17.4. The number of rotatable bonds is 1. The lowest BCUT2D eigenvalue weighted by atomic mass is 9.43. The Bertz CT molecular complexity index is 2860. The zero-order valence-electron chi connectivity index (χ0n) is 31.7. The van der Waals surface area contributed by atoms with Crippen LogP contribution in [0.1, 0.15) is 57.2 Å². The first kappa shape index (κ1) is 32.7. The van der Waals surface area contributed by atoms with Crippen LogP contribution in [0.5, 0.6) is 0 Å². The van der Waals surface area contributed by atoms with E-state index in [0.717, 1.165) is 0 Å². The fourth-order valence-corrected chi connectivity index (χ4v) is 13.5. The van der Waals surface area contributed by atoms with E-state index in [1.54, 1.807) is 0 Å². The molecule has 55 heavy (non-hydrogen) atoms. The summed E-state index contributed by atoms with van der Waals surface area (Å²) in [6.07, 6.45) is 2.39. The Morgan fingerprint density at radius 2 is 1.18 bits per heavy atom. The van der Waals surface area contributed by atoms with Gasteiger partial charge in [-0.3, -0.25) is 0 Å². The quantitative estimate of drug-likeness (QED) is 0.153. The summed E-state index contributed by atoms with van der Waals surface area (Å²) in [5, 5.41) is 2.61. The van der Waals surface area contributed by atoms with Gasteiger partial charge < -0.3 is 9.71 Å². The highest BCUT2D eigenvalue weighted by molar-refractivity contribution is 8.05. The molecule has 0 unspecified atom stereocenters. The van der Waals surface area contributed by atoms with Crippen LogP contribution in [0, 0.1) is 6.92 Å². The monoisotopic (exact) mass is 762 g/mol. The molecule has 0 atom stereocenters. The molecule has 0 bridgehead atoms. The van der Waals surface area contributed by atoms with Crippen molar-refractivity contribution >= 4 is 92.3 Å². The SMILES string of the molecule is Cc1cc2c(cc1N1c3cc4c(cc3B3c5c1cc1ccccc1c5-c1cccc5c1N3c1ccccc1S5)Sc1ccccc1S4)C(C)(C)CCC2(C)C. The fraction of sp³-hybridized carbons (Fsp3) is 0.184. The third-order valence-corrected chi connectivity index (χ3v) is 16.7. The molecule has 2 nitrogen and oxygen atoms in total. The van der Waals surface area contributed by atoms with Gasteiger partial charge in [-0.25, -0.2) is 0 Å². The Hall–Kier alpha value is -4.49. The Kier molecular flexibility index (Phi) is 6.73. The lowest BCUT2D eigenvalue weighted by molar-refractivity contribution is 0.332. The molecule has 12 rings (SSSR count). The summed E-state index contributed by atoms with van der Waals surface area (Å²) < 4.78 is 0. The van der Waals surface area contributed by atoms with Gasteiger partial charge in [0.1, 0.15) is 0 Å². The molecule has 0 N–H and O–H groups in total. The van der Waals surface area contributed by atoms with Crippen molar-refractivity contribution in [2.75, 3.05) is 9.71 Å². The summed E-state index contributed by atoms with van der Waals surface area (Å²) in [5.74, 6) is 0.